The zero-order valence-electron chi connectivity index (χ0n) is 9.32. The van der Waals surface area contributed by atoms with Crippen LogP contribution in [0.4, 0.5) is 4.79 Å². The van der Waals surface area contributed by atoms with Gasteiger partial charge in [-0.3, -0.25) is 4.79 Å². The fourth-order valence-electron chi connectivity index (χ4n) is 2.22. The number of rotatable bonds is 1. The minimum Gasteiger partial charge on any atom is -0.442 e. The number of amides is 2. The Morgan fingerprint density at radius 1 is 1.38 bits per heavy atom. The molecule has 0 bridgehead atoms. The predicted octanol–water partition coefficient (Wildman–Crippen LogP) is 0.919. The molecule has 5 nitrogen and oxygen atoms in total. The van der Waals surface area contributed by atoms with E-state index in [0.29, 0.717) is 13.0 Å². The summed E-state index contributed by atoms with van der Waals surface area (Å²) in [6.45, 7) is 3.80. The summed E-state index contributed by atoms with van der Waals surface area (Å²) in [5.41, 5.74) is -0.523. The maximum Gasteiger partial charge on any atom is 0.417 e. The van der Waals surface area contributed by atoms with E-state index >= 15 is 0 Å². The van der Waals surface area contributed by atoms with E-state index in [2.05, 4.69) is 5.32 Å². The summed E-state index contributed by atoms with van der Waals surface area (Å²) in [6.07, 6.45) is 1.34. The fraction of sp³-hybridized carbons (Fsp3) is 0.800. The van der Waals surface area contributed by atoms with Gasteiger partial charge in [-0.1, -0.05) is 0 Å². The third-order valence-corrected chi connectivity index (χ3v) is 3.13. The number of carbonyl (C=O) groups is 2. The first-order valence-corrected chi connectivity index (χ1v) is 5.41. The lowest BCUT2D eigenvalue weighted by Crippen LogP contribution is -2.56. The van der Waals surface area contributed by atoms with Crippen LogP contribution in [0.3, 0.4) is 0 Å². The van der Waals surface area contributed by atoms with Gasteiger partial charge in [0, 0.05) is 19.4 Å². The van der Waals surface area contributed by atoms with Crippen LogP contribution in [0, 0.1) is 0 Å². The molecular weight excluding hydrogens is 232 g/mol. The Hall–Kier alpha value is -0.810. The smallest absolute Gasteiger partial charge is 0.417 e. The second-order valence-electron chi connectivity index (χ2n) is 4.12. The number of nitrogens with zero attached hydrogens (tertiary/aromatic N) is 1. The molecule has 2 saturated heterocycles. The molecule has 2 amide bonds. The molecule has 0 radical (unpaired) electrons. The van der Waals surface area contributed by atoms with Crippen LogP contribution >= 0.6 is 12.4 Å². The second kappa shape index (κ2) is 5.01. The van der Waals surface area contributed by atoms with Crippen LogP contribution in [0.25, 0.3) is 0 Å². The lowest BCUT2D eigenvalue weighted by atomic mass is 9.87. The van der Waals surface area contributed by atoms with Crippen molar-refractivity contribution in [3.8, 4) is 0 Å². The first kappa shape index (κ1) is 13.3. The number of nitrogens with one attached hydrogen (secondary N) is 1. The van der Waals surface area contributed by atoms with Crippen LogP contribution in [-0.2, 0) is 9.53 Å². The number of halogens is 1. The minimum absolute atomic E-state index is 0. The molecule has 2 rings (SSSR count). The lowest BCUT2D eigenvalue weighted by Gasteiger charge is -2.42. The summed E-state index contributed by atoms with van der Waals surface area (Å²) in [7, 11) is 0. The van der Waals surface area contributed by atoms with Crippen LogP contribution in [0.2, 0.25) is 0 Å². The van der Waals surface area contributed by atoms with Crippen molar-refractivity contribution < 1.29 is 14.3 Å². The van der Waals surface area contributed by atoms with Crippen LogP contribution < -0.4 is 5.32 Å². The quantitative estimate of drug-likeness (QED) is 0.750. The monoisotopic (exact) mass is 248 g/mol. The van der Waals surface area contributed by atoms with Gasteiger partial charge in [-0.25, -0.2) is 9.69 Å². The topological polar surface area (TPSA) is 58.6 Å². The van der Waals surface area contributed by atoms with E-state index in [9.17, 15) is 9.59 Å². The lowest BCUT2D eigenvalue weighted by molar-refractivity contribution is -0.146. The third kappa shape index (κ3) is 2.30. The molecule has 0 unspecified atom stereocenters. The summed E-state index contributed by atoms with van der Waals surface area (Å²) in [5, 5.41) is 3.19. The molecule has 2 heterocycles. The Morgan fingerprint density at radius 2 is 2.00 bits per heavy atom. The predicted molar refractivity (Wildman–Crippen MR) is 60.6 cm³/mol. The van der Waals surface area contributed by atoms with Gasteiger partial charge in [-0.2, -0.15) is 0 Å². The highest BCUT2D eigenvalue weighted by Crippen LogP contribution is 2.32. The third-order valence-electron chi connectivity index (χ3n) is 3.13. The minimum atomic E-state index is -0.523. The van der Waals surface area contributed by atoms with Gasteiger partial charge in [-0.05, 0) is 20.0 Å². The van der Waals surface area contributed by atoms with E-state index in [1.807, 2.05) is 0 Å². The van der Waals surface area contributed by atoms with Crippen LogP contribution in [0.1, 0.15) is 26.2 Å². The van der Waals surface area contributed by atoms with E-state index in [-0.39, 0.29) is 18.3 Å². The molecule has 2 fully saturated rings. The van der Waals surface area contributed by atoms with Crippen LogP contribution in [-0.4, -0.2) is 42.1 Å². The van der Waals surface area contributed by atoms with Crippen molar-refractivity contribution in [2.24, 2.45) is 0 Å². The molecule has 6 heteroatoms. The Labute approximate surface area is 101 Å². The Morgan fingerprint density at radius 3 is 2.50 bits per heavy atom. The van der Waals surface area contributed by atoms with Crippen molar-refractivity contribution in [3.05, 3.63) is 0 Å². The molecule has 0 saturated carbocycles. The molecule has 0 aromatic carbocycles. The average Bonchev–Trinajstić information content (AvgIpc) is 2.18. The molecular formula is C10H17ClN2O3. The van der Waals surface area contributed by atoms with Crippen molar-refractivity contribution in [1.82, 2.24) is 10.2 Å². The molecule has 0 atom stereocenters. The maximum absolute atomic E-state index is 11.7. The normalized spacial score (nSPS) is 23.9. The summed E-state index contributed by atoms with van der Waals surface area (Å²) < 4.78 is 5.41. The first-order chi connectivity index (χ1) is 7.17. The van der Waals surface area contributed by atoms with Crippen molar-refractivity contribution in [1.29, 1.82) is 0 Å². The number of piperidine rings is 1. The zero-order valence-corrected chi connectivity index (χ0v) is 10.1. The summed E-state index contributed by atoms with van der Waals surface area (Å²) in [6, 6.07) is 0. The van der Waals surface area contributed by atoms with Crippen molar-refractivity contribution >= 4 is 24.4 Å². The number of hydrogen-bond acceptors (Lipinski definition) is 4. The molecule has 0 aromatic rings. The Kier molecular flexibility index (Phi) is 4.15. The molecule has 0 aliphatic carbocycles. The number of ether oxygens (including phenoxy) is 1. The van der Waals surface area contributed by atoms with Gasteiger partial charge in [0.2, 0.25) is 5.91 Å². The van der Waals surface area contributed by atoms with Crippen LogP contribution in [0.5, 0.6) is 0 Å². The van der Waals surface area contributed by atoms with Crippen molar-refractivity contribution in [3.63, 3.8) is 0 Å². The van der Waals surface area contributed by atoms with Gasteiger partial charge < -0.3 is 10.1 Å². The fourth-order valence-corrected chi connectivity index (χ4v) is 2.22. The summed E-state index contributed by atoms with van der Waals surface area (Å²) in [4.78, 5) is 24.5. The molecule has 0 aromatic heterocycles. The summed E-state index contributed by atoms with van der Waals surface area (Å²) in [5.74, 6) is -0.101. The van der Waals surface area contributed by atoms with E-state index in [1.54, 1.807) is 6.92 Å². The standard InChI is InChI=1S/C10H16N2O3.ClH/c1-2-12-8(13)7-10(15-9(12)14)3-5-11-6-4-10;/h11H,2-7H2,1H3;1H. The highest BCUT2D eigenvalue weighted by atomic mass is 35.5. The van der Waals surface area contributed by atoms with Gasteiger partial charge in [0.25, 0.3) is 0 Å². The molecule has 2 aliphatic rings. The highest BCUT2D eigenvalue weighted by Gasteiger charge is 2.45. The molecule has 1 spiro atoms. The van der Waals surface area contributed by atoms with E-state index in [4.69, 9.17) is 4.74 Å². The number of carbonyl (C=O) groups excluding carboxylic acids is 2. The van der Waals surface area contributed by atoms with Gasteiger partial charge in [0.1, 0.15) is 5.60 Å². The number of hydrogen-bond donors (Lipinski definition) is 1. The SMILES string of the molecule is CCN1C(=O)CC2(CCNCC2)OC1=O.Cl. The molecule has 92 valence electrons. The molecule has 1 N–H and O–H groups in total. The van der Waals surface area contributed by atoms with Gasteiger partial charge in [0.15, 0.2) is 0 Å². The largest absolute Gasteiger partial charge is 0.442 e. The molecule has 16 heavy (non-hydrogen) atoms. The van der Waals surface area contributed by atoms with E-state index in [1.165, 1.54) is 4.90 Å². The zero-order chi connectivity index (χ0) is 10.9. The van der Waals surface area contributed by atoms with Gasteiger partial charge in [0.05, 0.1) is 6.42 Å². The Bertz CT molecular complexity index is 270. The van der Waals surface area contributed by atoms with Crippen molar-refractivity contribution in [2.75, 3.05) is 19.6 Å². The van der Waals surface area contributed by atoms with Gasteiger partial charge >= 0.3 is 6.09 Å². The number of imide groups is 1. The Balaban J connectivity index is 0.00000128. The summed E-state index contributed by atoms with van der Waals surface area (Å²) >= 11 is 0. The van der Waals surface area contributed by atoms with E-state index in [0.717, 1.165) is 25.9 Å². The van der Waals surface area contributed by atoms with E-state index < -0.39 is 11.7 Å². The molecule has 2 aliphatic heterocycles. The average molecular weight is 249 g/mol. The second-order valence-corrected chi connectivity index (χ2v) is 4.12. The van der Waals surface area contributed by atoms with Crippen LogP contribution in [0.15, 0.2) is 0 Å². The van der Waals surface area contributed by atoms with Gasteiger partial charge in [-0.15, -0.1) is 12.4 Å². The maximum atomic E-state index is 11.7. The first-order valence-electron chi connectivity index (χ1n) is 5.41. The van der Waals surface area contributed by atoms with Crippen molar-refractivity contribution in [2.45, 2.75) is 31.8 Å². The highest BCUT2D eigenvalue weighted by molar-refractivity contribution is 5.94.